The number of hydrogen-bond acceptors (Lipinski definition) is 5. The number of nitrogens with zero attached hydrogens (tertiary/aromatic N) is 3. The largest absolute Gasteiger partial charge is 0.378 e. The Balaban J connectivity index is 1.68. The van der Waals surface area contributed by atoms with Crippen LogP contribution in [0.4, 0.5) is 15.9 Å². The Morgan fingerprint density at radius 1 is 1.03 bits per heavy atom. The molecule has 0 aliphatic carbocycles. The Morgan fingerprint density at radius 3 is 2.73 bits per heavy atom. The zero-order chi connectivity index (χ0) is 20.7. The molecule has 7 heteroatoms. The molecule has 2 aromatic carbocycles. The van der Waals surface area contributed by atoms with Crippen LogP contribution < -0.4 is 10.6 Å². The quantitative estimate of drug-likeness (QED) is 0.444. The lowest BCUT2D eigenvalue weighted by molar-refractivity contribution is 0.630. The van der Waals surface area contributed by atoms with Gasteiger partial charge in [0.15, 0.2) is 5.82 Å². The fourth-order valence-corrected chi connectivity index (χ4v) is 3.80. The van der Waals surface area contributed by atoms with E-state index >= 15 is 0 Å². The Labute approximate surface area is 177 Å². The van der Waals surface area contributed by atoms with Crippen LogP contribution in [0.3, 0.4) is 0 Å². The fraction of sp³-hybridized carbons (Fsp3) is 0.0870. The minimum absolute atomic E-state index is 0.284. The zero-order valence-corrected chi connectivity index (χ0v) is 16.8. The molecule has 2 aromatic heterocycles. The van der Waals surface area contributed by atoms with Gasteiger partial charge in [-0.3, -0.25) is 4.98 Å². The van der Waals surface area contributed by atoms with Gasteiger partial charge in [0.25, 0.3) is 0 Å². The highest BCUT2D eigenvalue weighted by atomic mass is 35.5. The topological polar surface area (TPSA) is 62.7 Å². The molecule has 0 amide bonds. The second kappa shape index (κ2) is 7.39. The maximum absolute atomic E-state index is 14.3. The standard InChI is InChI=1S/C23H17ClFN5/c1-13-11-27-21-16(6-4-8-18(21)25)20(13)29-23-15-9-10-26-12-19(15)28-22(30-23)14-5-2-3-7-17(14)24/h2-10,12,27H,11H2,1H3,(H,28,29,30). The maximum atomic E-state index is 14.3. The highest BCUT2D eigenvalue weighted by molar-refractivity contribution is 6.33. The van der Waals surface area contributed by atoms with E-state index in [0.29, 0.717) is 34.4 Å². The maximum Gasteiger partial charge on any atom is 0.163 e. The number of rotatable bonds is 3. The Bertz CT molecular complexity index is 1320. The van der Waals surface area contributed by atoms with E-state index in [1.807, 2.05) is 37.3 Å². The van der Waals surface area contributed by atoms with Crippen LogP contribution in [-0.2, 0) is 0 Å². The smallest absolute Gasteiger partial charge is 0.163 e. The number of benzene rings is 2. The van der Waals surface area contributed by atoms with Crippen LogP contribution >= 0.6 is 11.6 Å². The number of fused-ring (bicyclic) bond motifs is 2. The van der Waals surface area contributed by atoms with E-state index < -0.39 is 0 Å². The van der Waals surface area contributed by atoms with Gasteiger partial charge in [0.1, 0.15) is 11.6 Å². The number of halogens is 2. The number of para-hydroxylation sites is 1. The van der Waals surface area contributed by atoms with Crippen molar-refractivity contribution in [2.75, 3.05) is 17.2 Å². The molecule has 0 fully saturated rings. The summed E-state index contributed by atoms with van der Waals surface area (Å²) in [5.41, 5.74) is 4.54. The second-order valence-electron chi connectivity index (χ2n) is 7.06. The molecular weight excluding hydrogens is 401 g/mol. The molecule has 0 bridgehead atoms. The minimum atomic E-state index is -0.284. The third-order valence-corrected chi connectivity index (χ3v) is 5.43. The highest BCUT2D eigenvalue weighted by Gasteiger charge is 2.21. The van der Waals surface area contributed by atoms with E-state index in [4.69, 9.17) is 16.6 Å². The summed E-state index contributed by atoms with van der Waals surface area (Å²) in [5, 5.41) is 7.97. The molecule has 0 spiro atoms. The van der Waals surface area contributed by atoms with E-state index in [1.165, 1.54) is 6.07 Å². The summed E-state index contributed by atoms with van der Waals surface area (Å²) in [7, 11) is 0. The summed E-state index contributed by atoms with van der Waals surface area (Å²) in [6.07, 6.45) is 3.39. The van der Waals surface area contributed by atoms with Crippen LogP contribution in [-0.4, -0.2) is 21.5 Å². The number of aromatic nitrogens is 3. The predicted octanol–water partition coefficient (Wildman–Crippen LogP) is 5.75. The first-order chi connectivity index (χ1) is 14.6. The highest BCUT2D eigenvalue weighted by Crippen LogP contribution is 2.35. The second-order valence-corrected chi connectivity index (χ2v) is 7.47. The molecular formula is C23H17ClFN5. The molecule has 0 atom stereocenters. The van der Waals surface area contributed by atoms with Crippen molar-refractivity contribution in [1.82, 2.24) is 15.0 Å². The summed E-state index contributed by atoms with van der Waals surface area (Å²) in [4.78, 5) is 13.6. The number of nitrogens with one attached hydrogen (secondary N) is 2. The predicted molar refractivity (Wildman–Crippen MR) is 119 cm³/mol. The van der Waals surface area contributed by atoms with E-state index in [2.05, 4.69) is 20.6 Å². The first kappa shape index (κ1) is 18.5. The van der Waals surface area contributed by atoms with Gasteiger partial charge in [-0.05, 0) is 36.8 Å². The van der Waals surface area contributed by atoms with Gasteiger partial charge in [-0.25, -0.2) is 14.4 Å². The zero-order valence-electron chi connectivity index (χ0n) is 16.1. The molecule has 0 saturated heterocycles. The van der Waals surface area contributed by atoms with Crippen LogP contribution in [0.25, 0.3) is 28.0 Å². The molecule has 0 saturated carbocycles. The van der Waals surface area contributed by atoms with Crippen molar-refractivity contribution in [2.45, 2.75) is 6.92 Å². The van der Waals surface area contributed by atoms with Gasteiger partial charge in [-0.2, -0.15) is 0 Å². The van der Waals surface area contributed by atoms with Crippen molar-refractivity contribution in [2.24, 2.45) is 0 Å². The normalized spacial score (nSPS) is 13.2. The Morgan fingerprint density at radius 2 is 1.87 bits per heavy atom. The van der Waals surface area contributed by atoms with Gasteiger partial charge < -0.3 is 10.6 Å². The molecule has 4 aromatic rings. The van der Waals surface area contributed by atoms with E-state index in [0.717, 1.165) is 27.8 Å². The van der Waals surface area contributed by atoms with E-state index in [9.17, 15) is 4.39 Å². The molecule has 1 aliphatic rings. The lowest BCUT2D eigenvalue weighted by Crippen LogP contribution is -2.18. The van der Waals surface area contributed by atoms with Crippen molar-refractivity contribution in [3.63, 3.8) is 0 Å². The summed E-state index contributed by atoms with van der Waals surface area (Å²) in [6.45, 7) is 2.54. The van der Waals surface area contributed by atoms with Crippen molar-refractivity contribution in [3.8, 4) is 11.4 Å². The molecule has 0 unspecified atom stereocenters. The average molecular weight is 418 g/mol. The Hall–Kier alpha value is -3.51. The number of pyridine rings is 1. The molecule has 148 valence electrons. The molecule has 5 rings (SSSR count). The van der Waals surface area contributed by atoms with Crippen molar-refractivity contribution in [1.29, 1.82) is 0 Å². The monoisotopic (exact) mass is 417 g/mol. The molecule has 5 nitrogen and oxygen atoms in total. The van der Waals surface area contributed by atoms with Crippen molar-refractivity contribution in [3.05, 3.63) is 82.9 Å². The number of anilines is 2. The third kappa shape index (κ3) is 3.15. The van der Waals surface area contributed by atoms with Gasteiger partial charge in [-0.1, -0.05) is 35.9 Å². The Kier molecular flexibility index (Phi) is 4.56. The van der Waals surface area contributed by atoms with Crippen LogP contribution in [0.2, 0.25) is 5.02 Å². The summed E-state index contributed by atoms with van der Waals surface area (Å²) < 4.78 is 14.3. The van der Waals surface area contributed by atoms with E-state index in [1.54, 1.807) is 24.5 Å². The number of hydrogen-bond donors (Lipinski definition) is 2. The molecule has 1 aliphatic heterocycles. The van der Waals surface area contributed by atoms with Crippen LogP contribution in [0.15, 0.2) is 66.5 Å². The van der Waals surface area contributed by atoms with Gasteiger partial charge in [-0.15, -0.1) is 0 Å². The molecule has 30 heavy (non-hydrogen) atoms. The summed E-state index contributed by atoms with van der Waals surface area (Å²) in [6, 6.07) is 14.3. The molecule has 2 N–H and O–H groups in total. The lowest BCUT2D eigenvalue weighted by atomic mass is 10.0. The molecule has 0 radical (unpaired) electrons. The molecule has 3 heterocycles. The minimum Gasteiger partial charge on any atom is -0.378 e. The van der Waals surface area contributed by atoms with E-state index in [-0.39, 0.29) is 5.82 Å². The van der Waals surface area contributed by atoms with Gasteiger partial charge in [0, 0.05) is 35.0 Å². The van der Waals surface area contributed by atoms with Crippen molar-refractivity contribution < 1.29 is 4.39 Å². The lowest BCUT2D eigenvalue weighted by Gasteiger charge is -2.25. The van der Waals surface area contributed by atoms with Crippen LogP contribution in [0.1, 0.15) is 12.5 Å². The van der Waals surface area contributed by atoms with Crippen molar-refractivity contribution >= 4 is 39.7 Å². The SMILES string of the molecule is CC1=C(Nc2nc(-c3ccccc3Cl)nc3cnccc23)c2cccc(F)c2NC1. The van der Waals surface area contributed by atoms with Gasteiger partial charge in [0.05, 0.1) is 22.4 Å². The fourth-order valence-electron chi connectivity index (χ4n) is 3.58. The van der Waals surface area contributed by atoms with Crippen LogP contribution in [0.5, 0.6) is 0 Å². The first-order valence-electron chi connectivity index (χ1n) is 9.48. The van der Waals surface area contributed by atoms with Gasteiger partial charge >= 0.3 is 0 Å². The first-order valence-corrected chi connectivity index (χ1v) is 9.86. The van der Waals surface area contributed by atoms with Gasteiger partial charge in [0.2, 0.25) is 0 Å². The van der Waals surface area contributed by atoms with Crippen LogP contribution in [0, 0.1) is 5.82 Å². The summed E-state index contributed by atoms with van der Waals surface area (Å²) in [5.74, 6) is 0.826. The average Bonchev–Trinajstić information content (AvgIpc) is 2.76. The third-order valence-electron chi connectivity index (χ3n) is 5.10. The summed E-state index contributed by atoms with van der Waals surface area (Å²) >= 11 is 6.39.